The summed E-state index contributed by atoms with van der Waals surface area (Å²) in [5.41, 5.74) is 4.83. The zero-order valence-electron chi connectivity index (χ0n) is 61.9. The first-order valence-corrected chi connectivity index (χ1v) is 44.5. The molecule has 0 radical (unpaired) electrons. The minimum absolute atomic E-state index is 0. The highest BCUT2D eigenvalue weighted by Gasteiger charge is 2.32. The summed E-state index contributed by atoms with van der Waals surface area (Å²) >= 11 is 9.27. The maximum Gasteiger partial charge on any atom is 0.338 e. The van der Waals surface area contributed by atoms with Gasteiger partial charge in [0, 0.05) is 200 Å². The van der Waals surface area contributed by atoms with E-state index in [-0.39, 0.29) is 42.7 Å². The first-order chi connectivity index (χ1) is 55.9. The minimum Gasteiger partial charge on any atom is -0.478 e. The average Bonchev–Trinajstić information content (AvgIpc) is 1.62. The molecule has 3 aliphatic heterocycles. The predicted molar refractivity (Wildman–Crippen MR) is 444 cm³/mol. The zero-order valence-corrected chi connectivity index (χ0v) is 67.2. The average molecular weight is 1710 g/mol. The number of carbonyl (C=O) groups is 3. The Labute approximate surface area is 673 Å². The summed E-state index contributed by atoms with van der Waals surface area (Å²) in [5.74, 6) is 9.87. The maximum absolute atomic E-state index is 14.8. The molecule has 0 aliphatic carbocycles. The lowest BCUT2D eigenvalue weighted by Crippen LogP contribution is -2.41. The number of imidazole rings is 4. The topological polar surface area (TPSA) is 461 Å². The first kappa shape index (κ1) is 81.1. The molecule has 17 rings (SSSR count). The normalized spacial score (nSPS) is 14.2. The van der Waals surface area contributed by atoms with Crippen LogP contribution in [0.3, 0.4) is 0 Å². The zero-order chi connectivity index (χ0) is 81.8. The number of aromatic carboxylic acids is 1. The van der Waals surface area contributed by atoms with E-state index >= 15 is 0 Å². The first-order valence-electron chi connectivity index (χ1n) is 34.8. The van der Waals surface area contributed by atoms with Gasteiger partial charge in [-0.2, -0.15) is 10.2 Å². The molecule has 4 aromatic carbocycles. The molecule has 34 nitrogen and oxygen atoms in total. The van der Waals surface area contributed by atoms with Crippen LogP contribution in [0.2, 0.25) is 0 Å². The van der Waals surface area contributed by atoms with Crippen LogP contribution >= 0.6 is 0 Å². The van der Waals surface area contributed by atoms with Crippen LogP contribution < -0.4 is 33.0 Å². The number of nitrogens with zero attached hydrogens (tertiary/aromatic N) is 18. The van der Waals surface area contributed by atoms with Crippen molar-refractivity contribution in [3.8, 4) is 34.9 Å². The number of aldehydes is 1. The number of rotatable bonds is 11. The highest BCUT2D eigenvalue weighted by atomic mass is 33.4. The van der Waals surface area contributed by atoms with Crippen molar-refractivity contribution in [3.63, 3.8) is 0 Å². The third-order valence-corrected chi connectivity index (χ3v) is 30.2. The number of nitrogens with two attached hydrogens (primary N) is 1. The number of fused-ring (bicyclic) bond motifs is 5. The molecule has 12 N–H and O–H groups in total. The number of hydrogen-bond donors (Lipinski definition) is 11. The number of carboxylic acids is 1. The Balaban J connectivity index is 0.000000166. The molecule has 3 atom stereocenters. The van der Waals surface area contributed by atoms with Gasteiger partial charge in [0.05, 0.1) is 70.9 Å². The molecule has 3 unspecified atom stereocenters. The van der Waals surface area contributed by atoms with E-state index in [1.807, 2.05) is 30.5 Å². The van der Waals surface area contributed by atoms with E-state index < -0.39 is 23.5 Å². The number of nitrogen functional groups attached to an aromatic ring is 1. The van der Waals surface area contributed by atoms with E-state index in [1.54, 1.807) is 154 Å². The van der Waals surface area contributed by atoms with Gasteiger partial charge < -0.3 is 59.7 Å². The van der Waals surface area contributed by atoms with Crippen molar-refractivity contribution in [2.75, 3.05) is 25.1 Å². The number of aromatic nitrogens is 23. The van der Waals surface area contributed by atoms with Crippen LogP contribution in [0, 0.1) is 18.6 Å². The molecule has 0 bridgehead atoms. The van der Waals surface area contributed by atoms with Gasteiger partial charge in [-0.15, -0.1) is 30.6 Å². The largest absolute Gasteiger partial charge is 0.478 e. The smallest absolute Gasteiger partial charge is 0.338 e. The van der Waals surface area contributed by atoms with Crippen molar-refractivity contribution in [2.45, 2.75) is 78.3 Å². The van der Waals surface area contributed by atoms with Crippen LogP contribution in [0.15, 0.2) is 156 Å². The van der Waals surface area contributed by atoms with Gasteiger partial charge in [-0.05, 0) is 75.2 Å². The molecule has 588 valence electrons. The van der Waals surface area contributed by atoms with Gasteiger partial charge in [0.2, 0.25) is 0 Å². The van der Waals surface area contributed by atoms with Gasteiger partial charge in [0.25, 0.3) is 17.0 Å². The van der Waals surface area contributed by atoms with Gasteiger partial charge in [0.15, 0.2) is 58.7 Å². The minimum atomic E-state index is -1.32. The van der Waals surface area contributed by atoms with Crippen LogP contribution in [-0.2, 0) is 117 Å². The maximum atomic E-state index is 14.8. The number of halogens is 2. The molecule has 0 saturated heterocycles. The Morgan fingerprint density at radius 3 is 1.50 bits per heavy atom. The number of hydrogen-bond acceptors (Lipinski definition) is 25. The number of aromatic amines is 6. The summed E-state index contributed by atoms with van der Waals surface area (Å²) < 4.78 is 44.5. The van der Waals surface area contributed by atoms with Gasteiger partial charge in [0.1, 0.15) is 23.3 Å². The molecular formula is C68H72F2N28O6S9. The highest BCUT2D eigenvalue weighted by Crippen LogP contribution is 2.29. The molecule has 0 fully saturated rings. The molecular weight excluding hydrogens is 1630 g/mol. The lowest BCUT2D eigenvalue weighted by atomic mass is 10.0. The summed E-state index contributed by atoms with van der Waals surface area (Å²) in [7, 11) is 10.9. The van der Waals surface area contributed by atoms with E-state index in [0.29, 0.717) is 99.1 Å². The van der Waals surface area contributed by atoms with Crippen LogP contribution in [-0.4, -0.2) is 162 Å². The van der Waals surface area contributed by atoms with E-state index in [0.717, 1.165) is 78.3 Å². The molecule has 13 heterocycles. The Kier molecular flexibility index (Phi) is 29.2. The van der Waals surface area contributed by atoms with Crippen molar-refractivity contribution >= 4 is 130 Å². The third kappa shape index (κ3) is 21.4. The number of nitrogens with one attached hydrogen (secondary N) is 9. The van der Waals surface area contributed by atoms with Crippen LogP contribution in [0.25, 0.3) is 56.5 Å². The fourth-order valence-corrected chi connectivity index (χ4v) is 25.6. The second-order valence-electron chi connectivity index (χ2n) is 24.4. The fraction of sp³-hybridized carbons (Fsp3) is 0.221. The van der Waals surface area contributed by atoms with E-state index in [1.165, 1.54) is 42.2 Å². The second-order valence-corrected chi connectivity index (χ2v) is 36.8. The second kappa shape index (κ2) is 40.7. The number of hydrazine groups is 1. The summed E-state index contributed by atoms with van der Waals surface area (Å²) in [5, 5.41) is 56.3. The van der Waals surface area contributed by atoms with Crippen LogP contribution in [0.4, 0.5) is 14.6 Å². The van der Waals surface area contributed by atoms with Crippen molar-refractivity contribution in [2.24, 2.45) is 5.84 Å². The number of amides is 1. The number of benzene rings is 4. The van der Waals surface area contributed by atoms with Crippen LogP contribution in [0.5, 0.6) is 0 Å². The number of anilines is 1. The highest BCUT2D eigenvalue weighted by molar-refractivity contribution is 8.72. The quantitative estimate of drug-likeness (QED) is 0.0367. The van der Waals surface area contributed by atoms with E-state index in [4.69, 9.17) is 13.9 Å². The molecule has 0 spiro atoms. The summed E-state index contributed by atoms with van der Waals surface area (Å²) in [6.45, 7) is 12.1. The molecule has 45 heteroatoms. The number of H-pyrrole nitrogens is 6. The van der Waals surface area contributed by atoms with Gasteiger partial charge in [-0.3, -0.25) is 24.2 Å². The van der Waals surface area contributed by atoms with Crippen molar-refractivity contribution in [1.82, 2.24) is 130 Å². The molecule has 14 aromatic rings. The summed E-state index contributed by atoms with van der Waals surface area (Å²) in [4.78, 5) is 95.4. The van der Waals surface area contributed by atoms with Crippen molar-refractivity contribution in [1.29, 1.82) is 0 Å². The third-order valence-electron chi connectivity index (χ3n) is 16.8. The monoisotopic (exact) mass is 1700 g/mol. The van der Waals surface area contributed by atoms with Crippen molar-refractivity contribution < 1.29 is 32.7 Å². The Morgan fingerprint density at radius 2 is 1.07 bits per heavy atom. The summed E-state index contributed by atoms with van der Waals surface area (Å²) in [6, 6.07) is 23.1. The van der Waals surface area contributed by atoms with Gasteiger partial charge in [-0.25, -0.2) is 54.5 Å². The molecule has 1 amide bonds. The van der Waals surface area contributed by atoms with E-state index in [9.17, 15) is 32.8 Å². The van der Waals surface area contributed by atoms with Crippen LogP contribution in [0.1, 0.15) is 120 Å². The summed E-state index contributed by atoms with van der Waals surface area (Å²) in [6.07, 6.45) is 18.0. The Morgan fingerprint density at radius 1 is 0.619 bits per heavy atom. The van der Waals surface area contributed by atoms with Crippen molar-refractivity contribution in [3.05, 3.63) is 242 Å². The predicted octanol–water partition coefficient (Wildman–Crippen LogP) is 6.63. The Bertz CT molecular complexity index is 5980. The molecule has 0 saturated carbocycles. The standard InChI is InChI=1S/C25H21FN8O2.C16H11FN2O3.2C9H12N6.C5H8N4.C4H4N2O.S9.2H2/c1-14-12-33(13-21-30-31-23(34(14)21)22-27-8-9-28-22)25(36)18-10-15(6-7-19(18)26)11-20-16-4-2-3-5-17(16)24(35)32-29-20;17-13-6-5-9(7-12(13)16(21)22)8-14-10-3-1-2-4-11(10)15(20)19-18-14;2*1-6-4-10-5-7-13-14-9(15(6)7)8-11-2-3-12-8;1-4-2-7-3-5(8-4)9-6;7-3-4-5-1-2-6-4;1-3-5-7-9-8-6-4-2;;/h2-10,14H,11-13H2,1H3,(H,27,28)(H,32,35);1-7H,8H2,(H,19,20)(H,21,22);2*2-3,6,10H,4-5H2,1H3,(H,11,12);2-3H,6H2,1H3,(H,8,9);1-3H,(H,5,6);;2*1H/i;;;;;;;1+1D;. The molecule has 113 heavy (non-hydrogen) atoms. The number of carbonyl (C=O) groups excluding carboxylic acids is 2. The fourth-order valence-electron chi connectivity index (χ4n) is 11.9. The number of aryl methyl sites for hydroxylation is 1. The van der Waals surface area contributed by atoms with E-state index in [2.05, 4.69) is 162 Å². The molecule has 10 aromatic heterocycles. The lowest BCUT2D eigenvalue weighted by molar-refractivity contribution is 0.0673. The van der Waals surface area contributed by atoms with Gasteiger partial charge >= 0.3 is 5.97 Å². The Hall–Kier alpha value is -11.4. The SMILES string of the molecule is CC1CN(C(=O)c2cc(Cc3n[nH]c(=O)c4ccccc34)ccc2F)Cc2nnc(-c3ncc[nH]3)n21.CC1CNCc2nnc(-c3ncc[nH]3)n21.CC1CNCc2nnc(-c3ncc[nH]3)n21.Cc1cncc(NN)n1.O=C(O)c1cc(Cc2n[nH]c(=O)c3ccccc23)ccc1F.O=Cc1ncc[nH]1.S=S=S=S=S=S=S=S=S.[2H][2H].[HH]. The lowest BCUT2D eigenvalue weighted by Gasteiger charge is -2.32. The van der Waals surface area contributed by atoms with Gasteiger partial charge in [-0.1, -0.05) is 48.5 Å². The molecule has 3 aliphatic rings. The number of carboxylic acid groups (broad SMARTS) is 1.